The van der Waals surface area contributed by atoms with Gasteiger partial charge in [0.05, 0.1) is 10.9 Å². The number of carbonyl (C=O) groups excluding carboxylic acids is 1. The number of hydrogen-bond acceptors (Lipinski definition) is 5. The molecule has 1 amide bonds. The summed E-state index contributed by atoms with van der Waals surface area (Å²) >= 11 is 0. The van der Waals surface area contributed by atoms with Gasteiger partial charge in [-0.25, -0.2) is 13.4 Å². The van der Waals surface area contributed by atoms with E-state index in [1.807, 2.05) is 11.5 Å². The predicted molar refractivity (Wildman–Crippen MR) is 98.9 cm³/mol. The van der Waals surface area contributed by atoms with E-state index in [0.29, 0.717) is 12.1 Å². The number of nitrogens with zero attached hydrogens (tertiary/aromatic N) is 2. The molecule has 0 saturated heterocycles. The van der Waals surface area contributed by atoms with Gasteiger partial charge in [-0.3, -0.25) is 4.79 Å². The highest BCUT2D eigenvalue weighted by Gasteiger charge is 2.19. The molecule has 7 nitrogen and oxygen atoms in total. The van der Waals surface area contributed by atoms with Gasteiger partial charge < -0.3 is 15.2 Å². The number of imidazole rings is 1. The quantitative estimate of drug-likeness (QED) is 0.821. The molecule has 3 rings (SSSR count). The summed E-state index contributed by atoms with van der Waals surface area (Å²) in [7, 11) is -3.23. The van der Waals surface area contributed by atoms with Crippen molar-refractivity contribution in [3.05, 3.63) is 47.5 Å². The standard InChI is InChI=1S/C18H24N4O3S/c1-3-15(13-4-6-14(7-5-13)26(2,24)25)21-18(23)16-12-22-11-10-19-9-8-17(22)20-16/h4-7,12,15,19H,3,8-11H2,1-2H3,(H,21,23). The summed E-state index contributed by atoms with van der Waals surface area (Å²) in [6.07, 6.45) is 4.48. The van der Waals surface area contributed by atoms with Crippen LogP contribution in [0.5, 0.6) is 0 Å². The van der Waals surface area contributed by atoms with Crippen molar-refractivity contribution in [2.24, 2.45) is 0 Å². The van der Waals surface area contributed by atoms with Crippen LogP contribution in [0.15, 0.2) is 35.4 Å². The minimum atomic E-state index is -3.23. The lowest BCUT2D eigenvalue weighted by molar-refractivity contribution is 0.0930. The molecule has 2 N–H and O–H groups in total. The third-order valence-electron chi connectivity index (χ3n) is 4.57. The minimum Gasteiger partial charge on any atom is -0.344 e. The maximum absolute atomic E-state index is 12.6. The molecule has 0 fully saturated rings. The van der Waals surface area contributed by atoms with Crippen LogP contribution in [-0.4, -0.2) is 43.2 Å². The maximum Gasteiger partial charge on any atom is 0.271 e. The molecule has 1 aliphatic heterocycles. The van der Waals surface area contributed by atoms with E-state index in [1.54, 1.807) is 30.5 Å². The fourth-order valence-corrected chi connectivity index (χ4v) is 3.71. The lowest BCUT2D eigenvalue weighted by Gasteiger charge is -2.17. The average Bonchev–Trinajstić information content (AvgIpc) is 2.90. The van der Waals surface area contributed by atoms with Crippen LogP contribution >= 0.6 is 0 Å². The second kappa shape index (κ2) is 7.59. The highest BCUT2D eigenvalue weighted by Crippen LogP contribution is 2.20. The fourth-order valence-electron chi connectivity index (χ4n) is 3.08. The number of nitrogens with one attached hydrogen (secondary N) is 2. The molecule has 1 unspecified atom stereocenters. The third kappa shape index (κ3) is 4.13. The van der Waals surface area contributed by atoms with Crippen molar-refractivity contribution < 1.29 is 13.2 Å². The number of benzene rings is 1. The Kier molecular flexibility index (Phi) is 5.43. The van der Waals surface area contributed by atoms with Gasteiger partial charge in [-0.2, -0.15) is 0 Å². The number of hydrogen-bond donors (Lipinski definition) is 2. The van der Waals surface area contributed by atoms with E-state index >= 15 is 0 Å². The molecule has 0 radical (unpaired) electrons. The second-order valence-corrected chi connectivity index (χ2v) is 8.53. The largest absolute Gasteiger partial charge is 0.344 e. The van der Waals surface area contributed by atoms with Crippen LogP contribution in [0, 0.1) is 0 Å². The van der Waals surface area contributed by atoms with Gasteiger partial charge in [0.1, 0.15) is 11.5 Å². The molecule has 140 valence electrons. The Bertz CT molecular complexity index is 864. The third-order valence-corrected chi connectivity index (χ3v) is 5.70. The normalized spacial score (nSPS) is 15.8. The second-order valence-electron chi connectivity index (χ2n) is 6.51. The molecule has 8 heteroatoms. The molecule has 1 aromatic heterocycles. The van der Waals surface area contributed by atoms with E-state index in [-0.39, 0.29) is 16.8 Å². The average molecular weight is 376 g/mol. The molecule has 1 aliphatic rings. The first-order valence-corrected chi connectivity index (χ1v) is 10.6. The van der Waals surface area contributed by atoms with Gasteiger partial charge in [-0.15, -0.1) is 0 Å². The van der Waals surface area contributed by atoms with E-state index < -0.39 is 9.84 Å². The SMILES string of the molecule is CCC(NC(=O)c1cn2c(n1)CCNCC2)c1ccc(S(C)(=O)=O)cc1. The topological polar surface area (TPSA) is 93.1 Å². The summed E-state index contributed by atoms with van der Waals surface area (Å²) in [5.74, 6) is 0.711. The number of sulfone groups is 1. The number of fused-ring (bicyclic) bond motifs is 1. The summed E-state index contributed by atoms with van der Waals surface area (Å²) in [6.45, 7) is 4.51. The Morgan fingerprint density at radius 1 is 1.31 bits per heavy atom. The van der Waals surface area contributed by atoms with Gasteiger partial charge in [-0.05, 0) is 24.1 Å². The molecule has 0 spiro atoms. The first kappa shape index (κ1) is 18.6. The zero-order valence-corrected chi connectivity index (χ0v) is 15.8. The molecule has 2 aromatic rings. The molecular weight excluding hydrogens is 352 g/mol. The molecule has 1 aromatic carbocycles. The lowest BCUT2D eigenvalue weighted by atomic mass is 10.0. The monoisotopic (exact) mass is 376 g/mol. The maximum atomic E-state index is 12.6. The zero-order chi connectivity index (χ0) is 18.7. The van der Waals surface area contributed by atoms with Gasteiger partial charge in [0.2, 0.25) is 0 Å². The number of aromatic nitrogens is 2. The molecule has 26 heavy (non-hydrogen) atoms. The smallest absolute Gasteiger partial charge is 0.271 e. The summed E-state index contributed by atoms with van der Waals surface area (Å²) in [4.78, 5) is 17.4. The Labute approximate surface area is 153 Å². The molecule has 0 aliphatic carbocycles. The molecule has 0 saturated carbocycles. The molecule has 2 heterocycles. The Morgan fingerprint density at radius 3 is 2.69 bits per heavy atom. The van der Waals surface area contributed by atoms with Gasteiger partial charge in [0.15, 0.2) is 9.84 Å². The number of rotatable bonds is 5. The van der Waals surface area contributed by atoms with E-state index in [2.05, 4.69) is 15.6 Å². The van der Waals surface area contributed by atoms with Crippen LogP contribution in [0.2, 0.25) is 0 Å². The van der Waals surface area contributed by atoms with E-state index in [0.717, 1.165) is 37.4 Å². The van der Waals surface area contributed by atoms with Gasteiger partial charge >= 0.3 is 0 Å². The number of carbonyl (C=O) groups is 1. The first-order valence-electron chi connectivity index (χ1n) is 8.76. The van der Waals surface area contributed by atoms with Crippen molar-refractivity contribution in [2.45, 2.75) is 37.2 Å². The van der Waals surface area contributed by atoms with Crippen LogP contribution in [0.1, 0.15) is 41.3 Å². The van der Waals surface area contributed by atoms with Gasteiger partial charge in [-0.1, -0.05) is 19.1 Å². The number of amides is 1. The van der Waals surface area contributed by atoms with Crippen molar-refractivity contribution in [1.29, 1.82) is 0 Å². The van der Waals surface area contributed by atoms with Crippen molar-refractivity contribution in [3.8, 4) is 0 Å². The highest BCUT2D eigenvalue weighted by atomic mass is 32.2. The van der Waals surface area contributed by atoms with Crippen molar-refractivity contribution in [2.75, 3.05) is 19.3 Å². The van der Waals surface area contributed by atoms with E-state index in [9.17, 15) is 13.2 Å². The van der Waals surface area contributed by atoms with E-state index in [4.69, 9.17) is 0 Å². The van der Waals surface area contributed by atoms with E-state index in [1.165, 1.54) is 6.26 Å². The van der Waals surface area contributed by atoms with Crippen LogP contribution in [0.3, 0.4) is 0 Å². The first-order chi connectivity index (χ1) is 12.4. The minimum absolute atomic E-state index is 0.195. The lowest BCUT2D eigenvalue weighted by Crippen LogP contribution is -2.28. The Balaban J connectivity index is 1.74. The summed E-state index contributed by atoms with van der Waals surface area (Å²) < 4.78 is 25.2. The van der Waals surface area contributed by atoms with Gasteiger partial charge in [0, 0.05) is 38.5 Å². The predicted octanol–water partition coefficient (Wildman–Crippen LogP) is 1.31. The van der Waals surface area contributed by atoms with Gasteiger partial charge in [0.25, 0.3) is 5.91 Å². The van der Waals surface area contributed by atoms with Crippen LogP contribution in [-0.2, 0) is 22.8 Å². The van der Waals surface area contributed by atoms with Crippen LogP contribution < -0.4 is 10.6 Å². The summed E-state index contributed by atoms with van der Waals surface area (Å²) in [6, 6.07) is 6.45. The summed E-state index contributed by atoms with van der Waals surface area (Å²) in [5.41, 5.74) is 1.30. The fraction of sp³-hybridized carbons (Fsp3) is 0.444. The summed E-state index contributed by atoms with van der Waals surface area (Å²) in [5, 5.41) is 6.31. The van der Waals surface area contributed by atoms with Crippen LogP contribution in [0.25, 0.3) is 0 Å². The Hall–Kier alpha value is -2.19. The van der Waals surface area contributed by atoms with Crippen molar-refractivity contribution in [1.82, 2.24) is 20.2 Å². The van der Waals surface area contributed by atoms with Crippen LogP contribution in [0.4, 0.5) is 0 Å². The Morgan fingerprint density at radius 2 is 2.04 bits per heavy atom. The highest BCUT2D eigenvalue weighted by molar-refractivity contribution is 7.90. The van der Waals surface area contributed by atoms with Crippen molar-refractivity contribution in [3.63, 3.8) is 0 Å². The molecule has 1 atom stereocenters. The zero-order valence-electron chi connectivity index (χ0n) is 15.0. The molecular formula is C18H24N4O3S. The molecule has 0 bridgehead atoms. The van der Waals surface area contributed by atoms with Crippen molar-refractivity contribution >= 4 is 15.7 Å².